The second kappa shape index (κ2) is 9.27. The number of benzene rings is 2. The van der Waals surface area contributed by atoms with Crippen LogP contribution in [0.3, 0.4) is 0 Å². The molecule has 0 saturated carbocycles. The Labute approximate surface area is 183 Å². The summed E-state index contributed by atoms with van der Waals surface area (Å²) in [6, 6.07) is 15.3. The van der Waals surface area contributed by atoms with E-state index in [9.17, 15) is 4.79 Å². The number of hydrogen-bond acceptors (Lipinski definition) is 6. The molecule has 0 spiro atoms. The van der Waals surface area contributed by atoms with Crippen molar-refractivity contribution in [1.29, 1.82) is 0 Å². The maximum Gasteiger partial charge on any atom is 0.250 e. The first kappa shape index (κ1) is 20.4. The van der Waals surface area contributed by atoms with Crippen LogP contribution in [0.4, 0.5) is 5.13 Å². The lowest BCUT2D eigenvalue weighted by molar-refractivity contribution is -0.111. The minimum Gasteiger partial charge on any atom is -0.497 e. The molecule has 0 bridgehead atoms. The first-order chi connectivity index (χ1) is 15.2. The third-order valence-electron chi connectivity index (χ3n) is 4.47. The maximum absolute atomic E-state index is 12.3. The highest BCUT2D eigenvalue weighted by molar-refractivity contribution is 7.14. The van der Waals surface area contributed by atoms with Gasteiger partial charge in [-0.2, -0.15) is 5.10 Å². The molecule has 8 heteroatoms. The fourth-order valence-electron chi connectivity index (χ4n) is 2.93. The molecular formula is C23H20N4O3S. The number of para-hydroxylation sites is 1. The molecule has 7 nitrogen and oxygen atoms in total. The van der Waals surface area contributed by atoms with Gasteiger partial charge in [0, 0.05) is 34.8 Å². The predicted molar refractivity (Wildman–Crippen MR) is 122 cm³/mol. The number of hydrogen-bond donors (Lipinski definition) is 1. The Morgan fingerprint density at radius 1 is 1.13 bits per heavy atom. The first-order valence-electron chi connectivity index (χ1n) is 9.43. The number of carbonyl (C=O) groups is 1. The highest BCUT2D eigenvalue weighted by atomic mass is 32.1. The van der Waals surface area contributed by atoms with Gasteiger partial charge < -0.3 is 9.47 Å². The summed E-state index contributed by atoms with van der Waals surface area (Å²) in [5.74, 6) is 1.08. The molecule has 0 saturated heterocycles. The van der Waals surface area contributed by atoms with Gasteiger partial charge in [-0.3, -0.25) is 10.1 Å². The van der Waals surface area contributed by atoms with E-state index < -0.39 is 0 Å². The molecule has 0 radical (unpaired) electrons. The lowest BCUT2D eigenvalue weighted by Crippen LogP contribution is -2.07. The van der Waals surface area contributed by atoms with Crippen molar-refractivity contribution in [2.45, 2.75) is 0 Å². The molecule has 0 aliphatic carbocycles. The molecule has 2 aromatic carbocycles. The van der Waals surface area contributed by atoms with Gasteiger partial charge in [-0.25, -0.2) is 9.67 Å². The average molecular weight is 433 g/mol. The third-order valence-corrected chi connectivity index (χ3v) is 5.23. The second-order valence-electron chi connectivity index (χ2n) is 6.48. The van der Waals surface area contributed by atoms with Crippen molar-refractivity contribution in [1.82, 2.24) is 14.8 Å². The Hall–Kier alpha value is -3.91. The monoisotopic (exact) mass is 432 g/mol. The minimum absolute atomic E-state index is 0.268. The summed E-state index contributed by atoms with van der Waals surface area (Å²) < 4.78 is 12.4. The van der Waals surface area contributed by atoms with Gasteiger partial charge in [0.15, 0.2) is 5.13 Å². The first-order valence-corrected chi connectivity index (χ1v) is 10.3. The molecule has 1 N–H and O–H groups in total. The van der Waals surface area contributed by atoms with Crippen LogP contribution in [0.5, 0.6) is 11.5 Å². The summed E-state index contributed by atoms with van der Waals surface area (Å²) >= 11 is 1.34. The smallest absolute Gasteiger partial charge is 0.250 e. The van der Waals surface area contributed by atoms with E-state index in [1.807, 2.05) is 54.0 Å². The highest BCUT2D eigenvalue weighted by Gasteiger charge is 2.12. The summed E-state index contributed by atoms with van der Waals surface area (Å²) in [7, 11) is 3.20. The molecule has 0 aliphatic rings. The van der Waals surface area contributed by atoms with Gasteiger partial charge >= 0.3 is 0 Å². The van der Waals surface area contributed by atoms with Gasteiger partial charge in [0.2, 0.25) is 5.91 Å². The summed E-state index contributed by atoms with van der Waals surface area (Å²) in [4.78, 5) is 16.8. The van der Waals surface area contributed by atoms with Crippen LogP contribution in [0.15, 0.2) is 72.4 Å². The summed E-state index contributed by atoms with van der Waals surface area (Å²) in [6.07, 6.45) is 6.73. The van der Waals surface area contributed by atoms with Gasteiger partial charge in [-0.15, -0.1) is 11.3 Å². The number of methoxy groups -OCH3 is 2. The molecule has 1 amide bonds. The van der Waals surface area contributed by atoms with Crippen molar-refractivity contribution in [3.63, 3.8) is 0 Å². The van der Waals surface area contributed by atoms with Crippen LogP contribution in [0.25, 0.3) is 23.0 Å². The molecule has 0 aliphatic heterocycles. The van der Waals surface area contributed by atoms with Crippen LogP contribution < -0.4 is 14.8 Å². The van der Waals surface area contributed by atoms with Gasteiger partial charge in [-0.05, 0) is 30.3 Å². The Balaban J connectivity index is 1.42. The van der Waals surface area contributed by atoms with Crippen molar-refractivity contribution in [3.05, 3.63) is 77.9 Å². The Kier molecular flexibility index (Phi) is 6.09. The van der Waals surface area contributed by atoms with Crippen LogP contribution in [0, 0.1) is 0 Å². The number of ether oxygens (including phenoxy) is 2. The van der Waals surface area contributed by atoms with Gasteiger partial charge in [0.05, 0.1) is 31.8 Å². The largest absolute Gasteiger partial charge is 0.497 e. The standard InChI is InChI=1S/C23H20N4O3S/c1-29-18-9-10-19(21(12-18)30-2)20-15-31-23(25-20)26-22(28)11-8-16-13-24-27(14-16)17-6-4-3-5-7-17/h3-15H,1-2H3,(H,25,26,28)/b11-8+. The fourth-order valence-corrected chi connectivity index (χ4v) is 3.64. The summed E-state index contributed by atoms with van der Waals surface area (Å²) in [5.41, 5.74) is 3.31. The number of carbonyl (C=O) groups excluding carboxylic acids is 1. The van der Waals surface area contributed by atoms with Crippen LogP contribution >= 0.6 is 11.3 Å². The SMILES string of the molecule is COc1ccc(-c2csc(NC(=O)/C=C/c3cnn(-c4ccccc4)c3)n2)c(OC)c1. The molecule has 4 aromatic rings. The van der Waals surface area contributed by atoms with Crippen molar-refractivity contribution >= 4 is 28.5 Å². The van der Waals surface area contributed by atoms with Gasteiger partial charge in [0.1, 0.15) is 11.5 Å². The topological polar surface area (TPSA) is 78.3 Å². The van der Waals surface area contributed by atoms with Gasteiger partial charge in [-0.1, -0.05) is 18.2 Å². The van der Waals surface area contributed by atoms with E-state index in [4.69, 9.17) is 9.47 Å². The second-order valence-corrected chi connectivity index (χ2v) is 7.34. The zero-order valence-corrected chi connectivity index (χ0v) is 17.8. The number of amides is 1. The number of anilines is 1. The number of nitrogens with one attached hydrogen (secondary N) is 1. The summed E-state index contributed by atoms with van der Waals surface area (Å²) in [5, 5.41) is 9.48. The van der Waals surface area contributed by atoms with E-state index in [1.165, 1.54) is 17.4 Å². The van der Waals surface area contributed by atoms with Gasteiger partial charge in [0.25, 0.3) is 0 Å². The molecule has 4 rings (SSSR count). The lowest BCUT2D eigenvalue weighted by Gasteiger charge is -2.08. The number of nitrogens with zero attached hydrogens (tertiary/aromatic N) is 3. The average Bonchev–Trinajstić information content (AvgIpc) is 3.47. The van der Waals surface area contributed by atoms with E-state index in [1.54, 1.807) is 37.2 Å². The van der Waals surface area contributed by atoms with Crippen LogP contribution in [-0.4, -0.2) is 34.9 Å². The van der Waals surface area contributed by atoms with Crippen molar-refractivity contribution in [3.8, 4) is 28.4 Å². The van der Waals surface area contributed by atoms with Crippen LogP contribution in [0.1, 0.15) is 5.56 Å². The molecule has 0 atom stereocenters. The van der Waals surface area contributed by atoms with E-state index in [-0.39, 0.29) is 5.91 Å². The maximum atomic E-state index is 12.3. The molecule has 31 heavy (non-hydrogen) atoms. The molecule has 156 valence electrons. The third kappa shape index (κ3) is 4.81. The summed E-state index contributed by atoms with van der Waals surface area (Å²) in [6.45, 7) is 0. The predicted octanol–water partition coefficient (Wildman–Crippen LogP) is 4.66. The lowest BCUT2D eigenvalue weighted by atomic mass is 10.1. The van der Waals surface area contributed by atoms with Crippen molar-refractivity contribution in [2.24, 2.45) is 0 Å². The Morgan fingerprint density at radius 2 is 1.97 bits per heavy atom. The Bertz CT molecular complexity index is 1210. The van der Waals surface area contributed by atoms with E-state index in [0.717, 1.165) is 16.8 Å². The van der Waals surface area contributed by atoms with E-state index >= 15 is 0 Å². The zero-order valence-electron chi connectivity index (χ0n) is 17.0. The van der Waals surface area contributed by atoms with E-state index in [2.05, 4.69) is 15.4 Å². The van der Waals surface area contributed by atoms with Crippen LogP contribution in [0.2, 0.25) is 0 Å². The Morgan fingerprint density at radius 3 is 2.74 bits per heavy atom. The number of thiazole rings is 1. The van der Waals surface area contributed by atoms with E-state index in [0.29, 0.717) is 22.3 Å². The zero-order chi connectivity index (χ0) is 21.6. The molecule has 0 unspecified atom stereocenters. The number of rotatable bonds is 7. The minimum atomic E-state index is -0.268. The normalized spacial score (nSPS) is 10.9. The molecule has 2 heterocycles. The fraction of sp³-hybridized carbons (Fsp3) is 0.0870. The van der Waals surface area contributed by atoms with Crippen molar-refractivity contribution in [2.75, 3.05) is 19.5 Å². The van der Waals surface area contributed by atoms with Crippen LogP contribution in [-0.2, 0) is 4.79 Å². The quantitative estimate of drug-likeness (QED) is 0.430. The highest BCUT2D eigenvalue weighted by Crippen LogP contribution is 2.34. The number of aromatic nitrogens is 3. The van der Waals surface area contributed by atoms with Crippen molar-refractivity contribution < 1.29 is 14.3 Å². The molecular weight excluding hydrogens is 412 g/mol. The molecule has 0 fully saturated rings. The molecule has 2 aromatic heterocycles.